The first-order chi connectivity index (χ1) is 8.65. The van der Waals surface area contributed by atoms with E-state index >= 15 is 0 Å². The molecule has 0 radical (unpaired) electrons. The lowest BCUT2D eigenvalue weighted by Crippen LogP contribution is -2.17. The molecule has 1 N–H and O–H groups in total. The molecule has 1 heterocycles. The Morgan fingerprint density at radius 1 is 1.44 bits per heavy atom. The van der Waals surface area contributed by atoms with Crippen LogP contribution in [0.3, 0.4) is 0 Å². The van der Waals surface area contributed by atoms with Gasteiger partial charge in [-0.25, -0.2) is 4.39 Å². The number of hydrogen-bond acceptors (Lipinski definition) is 4. The highest BCUT2D eigenvalue weighted by Gasteiger charge is 2.04. The molecule has 0 aliphatic rings. The van der Waals surface area contributed by atoms with Gasteiger partial charge in [-0.2, -0.15) is 4.98 Å². The number of benzene rings is 1. The van der Waals surface area contributed by atoms with Crippen LogP contribution in [0.5, 0.6) is 0 Å². The molecule has 2 aromatic rings. The molecular weight excluding hydrogens is 257 g/mol. The molecule has 96 valence electrons. The summed E-state index contributed by atoms with van der Waals surface area (Å²) >= 11 is 5.95. The van der Waals surface area contributed by atoms with E-state index in [-0.39, 0.29) is 5.82 Å². The minimum atomic E-state index is -0.287. The van der Waals surface area contributed by atoms with Gasteiger partial charge in [0.2, 0.25) is 5.89 Å². The minimum Gasteiger partial charge on any atom is -0.340 e. The second kappa shape index (κ2) is 5.93. The number of rotatable bonds is 5. The summed E-state index contributed by atoms with van der Waals surface area (Å²) in [5, 5.41) is 7.49. The van der Waals surface area contributed by atoms with E-state index in [1.54, 1.807) is 13.0 Å². The van der Waals surface area contributed by atoms with Gasteiger partial charge >= 0.3 is 0 Å². The smallest absolute Gasteiger partial charge is 0.223 e. The second-order valence-electron chi connectivity index (χ2n) is 3.89. The fraction of sp³-hybridized carbons (Fsp3) is 0.333. The molecule has 0 aliphatic heterocycles. The molecule has 1 aromatic heterocycles. The van der Waals surface area contributed by atoms with Gasteiger partial charge in [-0.15, -0.1) is 0 Å². The third-order valence-corrected chi connectivity index (χ3v) is 2.79. The Bertz CT molecular complexity index is 530. The van der Waals surface area contributed by atoms with Crippen LogP contribution >= 0.6 is 11.6 Å². The first kappa shape index (κ1) is 13.0. The van der Waals surface area contributed by atoms with Crippen molar-refractivity contribution in [2.45, 2.75) is 19.9 Å². The van der Waals surface area contributed by atoms with Crippen molar-refractivity contribution in [2.24, 2.45) is 0 Å². The van der Waals surface area contributed by atoms with Crippen LogP contribution < -0.4 is 5.32 Å². The Hall–Kier alpha value is -1.46. The normalized spacial score (nSPS) is 10.8. The maximum atomic E-state index is 13.0. The fourth-order valence-electron chi connectivity index (χ4n) is 1.54. The Labute approximate surface area is 109 Å². The van der Waals surface area contributed by atoms with Crippen LogP contribution in [0.25, 0.3) is 0 Å². The zero-order chi connectivity index (χ0) is 13.0. The second-order valence-corrected chi connectivity index (χ2v) is 4.30. The molecule has 6 heteroatoms. The van der Waals surface area contributed by atoms with E-state index in [0.717, 1.165) is 5.56 Å². The van der Waals surface area contributed by atoms with Crippen LogP contribution in [0.15, 0.2) is 22.7 Å². The van der Waals surface area contributed by atoms with E-state index in [1.807, 2.05) is 0 Å². The summed E-state index contributed by atoms with van der Waals surface area (Å²) in [5.74, 6) is 0.925. The van der Waals surface area contributed by atoms with Crippen molar-refractivity contribution in [1.82, 2.24) is 15.5 Å². The Kier molecular flexibility index (Phi) is 4.28. The third-order valence-electron chi connectivity index (χ3n) is 2.42. The largest absolute Gasteiger partial charge is 0.340 e. The summed E-state index contributed by atoms with van der Waals surface area (Å²) in [4.78, 5) is 4.08. The van der Waals surface area contributed by atoms with Crippen molar-refractivity contribution in [2.75, 3.05) is 6.54 Å². The lowest BCUT2D eigenvalue weighted by atomic mass is 10.2. The summed E-state index contributed by atoms with van der Waals surface area (Å²) in [6.45, 7) is 2.93. The molecule has 0 saturated heterocycles. The number of hydrogen-bond donors (Lipinski definition) is 1. The highest BCUT2D eigenvalue weighted by Crippen LogP contribution is 2.16. The molecule has 2 rings (SSSR count). The summed E-state index contributed by atoms with van der Waals surface area (Å²) < 4.78 is 17.9. The predicted molar refractivity (Wildman–Crippen MR) is 65.9 cm³/mol. The average Bonchev–Trinajstić information content (AvgIpc) is 2.75. The SMILES string of the molecule is Cc1nc(CCNCc2cc(F)ccc2Cl)no1. The van der Waals surface area contributed by atoms with E-state index in [1.165, 1.54) is 12.1 Å². The lowest BCUT2D eigenvalue weighted by molar-refractivity contribution is 0.387. The van der Waals surface area contributed by atoms with Gasteiger partial charge in [0.05, 0.1) is 0 Å². The lowest BCUT2D eigenvalue weighted by Gasteiger charge is -2.05. The van der Waals surface area contributed by atoms with Gasteiger partial charge in [-0.05, 0) is 23.8 Å². The van der Waals surface area contributed by atoms with Gasteiger partial charge in [0.1, 0.15) is 5.82 Å². The van der Waals surface area contributed by atoms with E-state index in [0.29, 0.717) is 36.2 Å². The number of aromatic nitrogens is 2. The third kappa shape index (κ3) is 3.51. The maximum absolute atomic E-state index is 13.0. The molecule has 0 fully saturated rings. The van der Waals surface area contributed by atoms with Gasteiger partial charge in [0.25, 0.3) is 0 Å². The van der Waals surface area contributed by atoms with Crippen LogP contribution in [0.4, 0.5) is 4.39 Å². The van der Waals surface area contributed by atoms with Crippen LogP contribution in [0.2, 0.25) is 5.02 Å². The highest BCUT2D eigenvalue weighted by atomic mass is 35.5. The van der Waals surface area contributed by atoms with Crippen molar-refractivity contribution in [3.63, 3.8) is 0 Å². The van der Waals surface area contributed by atoms with E-state index in [4.69, 9.17) is 16.1 Å². The van der Waals surface area contributed by atoms with Crippen molar-refractivity contribution in [3.05, 3.63) is 46.3 Å². The number of aryl methyl sites for hydroxylation is 1. The van der Waals surface area contributed by atoms with Crippen LogP contribution in [0.1, 0.15) is 17.3 Å². The van der Waals surface area contributed by atoms with Crippen molar-refractivity contribution in [3.8, 4) is 0 Å². The maximum Gasteiger partial charge on any atom is 0.223 e. The standard InChI is InChI=1S/C12H13ClFN3O/c1-8-16-12(17-18-8)4-5-15-7-9-6-10(14)2-3-11(9)13/h2-3,6,15H,4-5,7H2,1H3. The van der Waals surface area contributed by atoms with Crippen molar-refractivity contribution in [1.29, 1.82) is 0 Å². The molecule has 0 unspecified atom stereocenters. The quantitative estimate of drug-likeness (QED) is 0.848. The average molecular weight is 270 g/mol. The predicted octanol–water partition coefficient (Wildman–Crippen LogP) is 2.50. The van der Waals surface area contributed by atoms with E-state index in [9.17, 15) is 4.39 Å². The van der Waals surface area contributed by atoms with E-state index < -0.39 is 0 Å². The molecule has 0 bridgehead atoms. The molecule has 0 saturated carbocycles. The molecule has 0 spiro atoms. The topological polar surface area (TPSA) is 51.0 Å². The monoisotopic (exact) mass is 269 g/mol. The summed E-state index contributed by atoms with van der Waals surface area (Å²) in [7, 11) is 0. The van der Waals surface area contributed by atoms with E-state index in [2.05, 4.69) is 15.5 Å². The Balaban J connectivity index is 1.80. The molecular formula is C12H13ClFN3O. The number of nitrogens with zero attached hydrogens (tertiary/aromatic N) is 2. The van der Waals surface area contributed by atoms with Gasteiger partial charge < -0.3 is 9.84 Å². The van der Waals surface area contributed by atoms with Crippen LogP contribution in [-0.2, 0) is 13.0 Å². The summed E-state index contributed by atoms with van der Waals surface area (Å²) in [5.41, 5.74) is 0.737. The highest BCUT2D eigenvalue weighted by molar-refractivity contribution is 6.31. The van der Waals surface area contributed by atoms with Crippen LogP contribution in [-0.4, -0.2) is 16.7 Å². The van der Waals surface area contributed by atoms with Gasteiger partial charge in [-0.3, -0.25) is 0 Å². The molecule has 0 aliphatic carbocycles. The van der Waals surface area contributed by atoms with Crippen molar-refractivity contribution >= 4 is 11.6 Å². The van der Waals surface area contributed by atoms with Crippen LogP contribution in [0, 0.1) is 12.7 Å². The molecule has 18 heavy (non-hydrogen) atoms. The molecule has 0 amide bonds. The summed E-state index contributed by atoms with van der Waals surface area (Å²) in [6.07, 6.45) is 0.657. The zero-order valence-corrected chi connectivity index (χ0v) is 10.7. The zero-order valence-electron chi connectivity index (χ0n) is 9.91. The molecule has 4 nitrogen and oxygen atoms in total. The number of halogens is 2. The molecule has 1 aromatic carbocycles. The summed E-state index contributed by atoms with van der Waals surface area (Å²) in [6, 6.07) is 4.32. The molecule has 0 atom stereocenters. The van der Waals surface area contributed by atoms with Gasteiger partial charge in [0.15, 0.2) is 5.82 Å². The van der Waals surface area contributed by atoms with Gasteiger partial charge in [-0.1, -0.05) is 16.8 Å². The fourth-order valence-corrected chi connectivity index (χ4v) is 1.73. The number of nitrogens with one attached hydrogen (secondary N) is 1. The first-order valence-electron chi connectivity index (χ1n) is 5.59. The van der Waals surface area contributed by atoms with Crippen molar-refractivity contribution < 1.29 is 8.91 Å². The first-order valence-corrected chi connectivity index (χ1v) is 5.97. The minimum absolute atomic E-state index is 0.287. The Morgan fingerprint density at radius 2 is 2.28 bits per heavy atom. The Morgan fingerprint density at radius 3 is 3.00 bits per heavy atom. The van der Waals surface area contributed by atoms with Gasteiger partial charge in [0, 0.05) is 31.5 Å².